The Bertz CT molecular complexity index is 1030. The van der Waals surface area contributed by atoms with E-state index in [0.29, 0.717) is 17.3 Å². The SMILES string of the molecule is Cc1cc([N+](=O)[O-])ccc1-c1ccc(-c2nc3ccccc3[nH]2)o1. The first-order chi connectivity index (χ1) is 11.6. The van der Waals surface area contributed by atoms with Gasteiger partial charge >= 0.3 is 0 Å². The molecular formula is C18H13N3O3. The maximum Gasteiger partial charge on any atom is 0.269 e. The molecule has 0 aliphatic heterocycles. The summed E-state index contributed by atoms with van der Waals surface area (Å²) in [6, 6.07) is 16.2. The Morgan fingerprint density at radius 1 is 1.08 bits per heavy atom. The molecule has 0 fully saturated rings. The van der Waals surface area contributed by atoms with E-state index >= 15 is 0 Å². The normalized spacial score (nSPS) is 11.0. The number of para-hydroxylation sites is 2. The number of aryl methyl sites for hydroxylation is 1. The zero-order valence-electron chi connectivity index (χ0n) is 12.8. The summed E-state index contributed by atoms with van der Waals surface area (Å²) >= 11 is 0. The number of H-pyrrole nitrogens is 1. The number of hydrogen-bond donors (Lipinski definition) is 1. The Hall–Kier alpha value is -3.41. The highest BCUT2D eigenvalue weighted by Crippen LogP contribution is 2.31. The van der Waals surface area contributed by atoms with Crippen LogP contribution < -0.4 is 0 Å². The van der Waals surface area contributed by atoms with Crippen LogP contribution in [0.15, 0.2) is 59.0 Å². The monoisotopic (exact) mass is 319 g/mol. The van der Waals surface area contributed by atoms with Gasteiger partial charge in [-0.15, -0.1) is 0 Å². The standard InChI is InChI=1S/C18H13N3O3/c1-11-10-12(21(22)23)6-7-13(11)16-8-9-17(24-16)18-19-14-4-2-3-5-15(14)20-18/h2-10H,1H3,(H,19,20). The van der Waals surface area contributed by atoms with Gasteiger partial charge in [0.2, 0.25) is 0 Å². The summed E-state index contributed by atoms with van der Waals surface area (Å²) in [4.78, 5) is 18.2. The number of nitro groups is 1. The molecule has 0 aliphatic rings. The van der Waals surface area contributed by atoms with Crippen molar-refractivity contribution >= 4 is 16.7 Å². The second-order valence-electron chi connectivity index (χ2n) is 5.52. The number of fused-ring (bicyclic) bond motifs is 1. The molecule has 0 saturated carbocycles. The topological polar surface area (TPSA) is 85.0 Å². The number of furan rings is 1. The molecule has 6 nitrogen and oxygen atoms in total. The van der Waals surface area contributed by atoms with Crippen LogP contribution in [0.5, 0.6) is 0 Å². The third kappa shape index (κ3) is 2.34. The highest BCUT2D eigenvalue weighted by molar-refractivity contribution is 5.78. The summed E-state index contributed by atoms with van der Waals surface area (Å²) in [5, 5.41) is 10.8. The molecule has 2 aromatic heterocycles. The van der Waals surface area contributed by atoms with E-state index in [9.17, 15) is 10.1 Å². The van der Waals surface area contributed by atoms with Crippen molar-refractivity contribution in [2.75, 3.05) is 0 Å². The van der Waals surface area contributed by atoms with Crippen molar-refractivity contribution in [3.8, 4) is 22.9 Å². The Labute approximate surface area is 136 Å². The molecule has 0 amide bonds. The second kappa shape index (κ2) is 5.34. The van der Waals surface area contributed by atoms with Crippen LogP contribution in [-0.2, 0) is 0 Å². The van der Waals surface area contributed by atoms with Crippen molar-refractivity contribution in [2.45, 2.75) is 6.92 Å². The summed E-state index contributed by atoms with van der Waals surface area (Å²) < 4.78 is 5.90. The molecule has 0 spiro atoms. The van der Waals surface area contributed by atoms with Crippen LogP contribution in [0, 0.1) is 17.0 Å². The van der Waals surface area contributed by atoms with Gasteiger partial charge in [-0.3, -0.25) is 10.1 Å². The molecule has 2 heterocycles. The smallest absolute Gasteiger partial charge is 0.269 e. The predicted molar refractivity (Wildman–Crippen MR) is 90.6 cm³/mol. The van der Waals surface area contributed by atoms with Crippen molar-refractivity contribution in [3.63, 3.8) is 0 Å². The number of aromatic amines is 1. The maximum atomic E-state index is 10.8. The molecule has 0 aliphatic carbocycles. The predicted octanol–water partition coefficient (Wildman–Crippen LogP) is 4.71. The van der Waals surface area contributed by atoms with Gasteiger partial charge in [-0.2, -0.15) is 0 Å². The van der Waals surface area contributed by atoms with Crippen molar-refractivity contribution in [1.82, 2.24) is 9.97 Å². The van der Waals surface area contributed by atoms with Crippen molar-refractivity contribution in [2.24, 2.45) is 0 Å². The molecule has 24 heavy (non-hydrogen) atoms. The van der Waals surface area contributed by atoms with Crippen molar-refractivity contribution < 1.29 is 9.34 Å². The van der Waals surface area contributed by atoms with Gasteiger partial charge < -0.3 is 9.40 Å². The van der Waals surface area contributed by atoms with Gasteiger partial charge in [0.05, 0.1) is 16.0 Å². The number of nitrogens with one attached hydrogen (secondary N) is 1. The maximum absolute atomic E-state index is 10.8. The minimum atomic E-state index is -0.404. The first-order valence-electron chi connectivity index (χ1n) is 7.42. The summed E-state index contributed by atoms with van der Waals surface area (Å²) in [7, 11) is 0. The Kier molecular flexibility index (Phi) is 3.16. The fourth-order valence-corrected chi connectivity index (χ4v) is 2.72. The van der Waals surface area contributed by atoms with Crippen molar-refractivity contribution in [1.29, 1.82) is 0 Å². The first kappa shape index (κ1) is 14.2. The highest BCUT2D eigenvalue weighted by atomic mass is 16.6. The average molecular weight is 319 g/mol. The number of aromatic nitrogens is 2. The van der Waals surface area contributed by atoms with Gasteiger partial charge in [0.25, 0.3) is 5.69 Å². The Balaban J connectivity index is 1.73. The zero-order chi connectivity index (χ0) is 16.7. The molecule has 6 heteroatoms. The number of hydrogen-bond acceptors (Lipinski definition) is 4. The highest BCUT2D eigenvalue weighted by Gasteiger charge is 2.14. The summed E-state index contributed by atoms with van der Waals surface area (Å²) in [6.45, 7) is 1.83. The van der Waals surface area contributed by atoms with Gasteiger partial charge in [0.15, 0.2) is 11.6 Å². The van der Waals surface area contributed by atoms with E-state index in [1.165, 1.54) is 6.07 Å². The fourth-order valence-electron chi connectivity index (χ4n) is 2.72. The lowest BCUT2D eigenvalue weighted by Crippen LogP contribution is -1.89. The van der Waals surface area contributed by atoms with Gasteiger partial charge in [-0.1, -0.05) is 12.1 Å². The van der Waals surface area contributed by atoms with Crippen LogP contribution in [-0.4, -0.2) is 14.9 Å². The largest absolute Gasteiger partial charge is 0.453 e. The summed E-state index contributed by atoms with van der Waals surface area (Å²) in [5.41, 5.74) is 3.49. The van der Waals surface area contributed by atoms with E-state index in [-0.39, 0.29) is 5.69 Å². The van der Waals surface area contributed by atoms with Crippen LogP contribution in [0.1, 0.15) is 5.56 Å². The number of nitro benzene ring substituents is 1. The average Bonchev–Trinajstić information content (AvgIpc) is 3.21. The van der Waals surface area contributed by atoms with E-state index in [1.807, 2.05) is 43.3 Å². The molecule has 0 saturated heterocycles. The number of nitrogens with zero attached hydrogens (tertiary/aromatic N) is 2. The lowest BCUT2D eigenvalue weighted by molar-refractivity contribution is -0.384. The number of imidazole rings is 1. The van der Waals surface area contributed by atoms with E-state index in [4.69, 9.17) is 4.42 Å². The molecular weight excluding hydrogens is 306 g/mol. The van der Waals surface area contributed by atoms with Crippen LogP contribution in [0.25, 0.3) is 33.9 Å². The van der Waals surface area contributed by atoms with Gasteiger partial charge in [0, 0.05) is 17.7 Å². The molecule has 4 aromatic rings. The Morgan fingerprint density at radius 3 is 2.62 bits per heavy atom. The van der Waals surface area contributed by atoms with E-state index in [1.54, 1.807) is 12.1 Å². The van der Waals surface area contributed by atoms with Crippen LogP contribution in [0.3, 0.4) is 0 Å². The minimum Gasteiger partial charge on any atom is -0.453 e. The molecule has 0 radical (unpaired) electrons. The third-order valence-corrected chi connectivity index (χ3v) is 3.92. The van der Waals surface area contributed by atoms with Gasteiger partial charge in [-0.25, -0.2) is 4.98 Å². The van der Waals surface area contributed by atoms with E-state index in [0.717, 1.165) is 22.2 Å². The molecule has 118 valence electrons. The Morgan fingerprint density at radius 2 is 1.88 bits per heavy atom. The van der Waals surface area contributed by atoms with Crippen LogP contribution in [0.2, 0.25) is 0 Å². The van der Waals surface area contributed by atoms with E-state index < -0.39 is 4.92 Å². The molecule has 0 unspecified atom stereocenters. The van der Waals surface area contributed by atoms with Gasteiger partial charge in [-0.05, 0) is 42.8 Å². The summed E-state index contributed by atoms with van der Waals surface area (Å²) in [6.07, 6.45) is 0. The first-order valence-corrected chi connectivity index (χ1v) is 7.42. The lowest BCUT2D eigenvalue weighted by atomic mass is 10.1. The third-order valence-electron chi connectivity index (χ3n) is 3.92. The number of benzene rings is 2. The minimum absolute atomic E-state index is 0.0697. The fraction of sp³-hybridized carbons (Fsp3) is 0.0556. The van der Waals surface area contributed by atoms with Crippen molar-refractivity contribution in [3.05, 3.63) is 70.3 Å². The van der Waals surface area contributed by atoms with Crippen LogP contribution >= 0.6 is 0 Å². The number of rotatable bonds is 3. The molecule has 4 rings (SSSR count). The number of non-ortho nitro benzene ring substituents is 1. The summed E-state index contributed by atoms with van der Waals surface area (Å²) in [5.74, 6) is 1.93. The quantitative estimate of drug-likeness (QED) is 0.438. The lowest BCUT2D eigenvalue weighted by Gasteiger charge is -2.02. The van der Waals surface area contributed by atoms with E-state index in [2.05, 4.69) is 9.97 Å². The molecule has 2 aromatic carbocycles. The molecule has 1 N–H and O–H groups in total. The van der Waals surface area contributed by atoms with Crippen LogP contribution in [0.4, 0.5) is 5.69 Å². The zero-order valence-corrected chi connectivity index (χ0v) is 12.8. The molecule has 0 bridgehead atoms. The molecule has 0 atom stereocenters. The second-order valence-corrected chi connectivity index (χ2v) is 5.52. The van der Waals surface area contributed by atoms with Gasteiger partial charge in [0.1, 0.15) is 5.76 Å².